The zero-order valence-electron chi connectivity index (χ0n) is 11.8. The molecule has 4 nitrogen and oxygen atoms in total. The summed E-state index contributed by atoms with van der Waals surface area (Å²) < 4.78 is 11.5. The fourth-order valence-corrected chi connectivity index (χ4v) is 2.82. The van der Waals surface area contributed by atoms with Gasteiger partial charge in [0.2, 0.25) is 0 Å². The summed E-state index contributed by atoms with van der Waals surface area (Å²) in [6.07, 6.45) is 2.03. The van der Waals surface area contributed by atoms with Gasteiger partial charge >= 0.3 is 5.97 Å². The molecule has 0 radical (unpaired) electrons. The highest BCUT2D eigenvalue weighted by Crippen LogP contribution is 2.43. The van der Waals surface area contributed by atoms with Gasteiger partial charge in [-0.3, -0.25) is 0 Å². The summed E-state index contributed by atoms with van der Waals surface area (Å²) in [6, 6.07) is 7.77. The minimum atomic E-state index is -0.786. The van der Waals surface area contributed by atoms with Gasteiger partial charge in [-0.1, -0.05) is 22.0 Å². The van der Waals surface area contributed by atoms with E-state index in [-0.39, 0.29) is 11.9 Å². The van der Waals surface area contributed by atoms with Crippen LogP contribution in [-0.2, 0) is 14.3 Å². The van der Waals surface area contributed by atoms with Gasteiger partial charge in [-0.25, -0.2) is 4.79 Å². The lowest BCUT2D eigenvalue weighted by molar-refractivity contribution is -0.151. The number of hydrogen-bond donors (Lipinski definition) is 1. The number of benzene rings is 1. The molecule has 0 aliphatic heterocycles. The molecule has 1 aromatic carbocycles. The van der Waals surface area contributed by atoms with Gasteiger partial charge in [-0.05, 0) is 43.9 Å². The summed E-state index contributed by atoms with van der Waals surface area (Å²) in [4.78, 5) is 12.4. The largest absolute Gasteiger partial charge is 0.464 e. The molecule has 1 aliphatic carbocycles. The molecule has 0 saturated heterocycles. The maximum Gasteiger partial charge on any atom is 0.334 e. The van der Waals surface area contributed by atoms with E-state index in [0.29, 0.717) is 13.2 Å². The highest BCUT2D eigenvalue weighted by Gasteiger charge is 2.52. The Labute approximate surface area is 128 Å². The van der Waals surface area contributed by atoms with Crippen LogP contribution in [0.4, 0.5) is 5.69 Å². The fourth-order valence-electron chi connectivity index (χ4n) is 2.42. The Morgan fingerprint density at radius 3 is 2.80 bits per heavy atom. The molecule has 0 bridgehead atoms. The molecule has 0 amide bonds. The van der Waals surface area contributed by atoms with Crippen LogP contribution in [0.25, 0.3) is 0 Å². The van der Waals surface area contributed by atoms with Gasteiger partial charge in [0.15, 0.2) is 5.54 Å². The summed E-state index contributed by atoms with van der Waals surface area (Å²) in [7, 11) is 1.61. The summed E-state index contributed by atoms with van der Waals surface area (Å²) in [5.74, 6) is 0.0322. The molecule has 1 aromatic rings. The number of nitrogens with one attached hydrogen (secondary N) is 1. The van der Waals surface area contributed by atoms with E-state index < -0.39 is 5.54 Å². The van der Waals surface area contributed by atoms with Gasteiger partial charge in [0.25, 0.3) is 0 Å². The standard InChI is InChI=1S/C15H20BrNO3/c1-3-20-14(18)15(10-19-2,11-7-8-11)17-13-6-4-5-12(16)9-13/h4-6,9,11,17H,3,7-8,10H2,1-2H3. The Hall–Kier alpha value is -1.07. The van der Waals surface area contributed by atoms with E-state index in [9.17, 15) is 4.79 Å². The second-order valence-corrected chi connectivity index (χ2v) is 5.95. The van der Waals surface area contributed by atoms with Crippen LogP contribution in [0.5, 0.6) is 0 Å². The van der Waals surface area contributed by atoms with E-state index in [0.717, 1.165) is 23.0 Å². The third-order valence-corrected chi connectivity index (χ3v) is 3.97. The van der Waals surface area contributed by atoms with Crippen molar-refractivity contribution in [3.8, 4) is 0 Å². The quantitative estimate of drug-likeness (QED) is 0.773. The Morgan fingerprint density at radius 1 is 1.50 bits per heavy atom. The number of carbonyl (C=O) groups is 1. The number of rotatable bonds is 7. The van der Waals surface area contributed by atoms with Gasteiger partial charge in [-0.2, -0.15) is 0 Å². The first-order valence-electron chi connectivity index (χ1n) is 6.82. The minimum absolute atomic E-state index is 0.232. The zero-order valence-corrected chi connectivity index (χ0v) is 13.4. The highest BCUT2D eigenvalue weighted by atomic mass is 79.9. The lowest BCUT2D eigenvalue weighted by atomic mass is 9.93. The number of methoxy groups -OCH3 is 1. The molecule has 1 N–H and O–H groups in total. The molecular formula is C15H20BrNO3. The first-order valence-corrected chi connectivity index (χ1v) is 7.61. The third kappa shape index (κ3) is 3.33. The van der Waals surface area contributed by atoms with E-state index in [4.69, 9.17) is 9.47 Å². The van der Waals surface area contributed by atoms with E-state index in [2.05, 4.69) is 21.2 Å². The van der Waals surface area contributed by atoms with Crippen LogP contribution in [0, 0.1) is 5.92 Å². The molecule has 5 heteroatoms. The van der Waals surface area contributed by atoms with Crippen LogP contribution in [0.2, 0.25) is 0 Å². The predicted octanol–water partition coefficient (Wildman–Crippen LogP) is 3.22. The molecule has 1 atom stereocenters. The summed E-state index contributed by atoms with van der Waals surface area (Å²) in [5.41, 5.74) is 0.0994. The van der Waals surface area contributed by atoms with Crippen molar-refractivity contribution in [2.75, 3.05) is 25.6 Å². The van der Waals surface area contributed by atoms with Crippen molar-refractivity contribution in [3.63, 3.8) is 0 Å². The molecule has 1 fully saturated rings. The lowest BCUT2D eigenvalue weighted by Crippen LogP contribution is -2.53. The Bertz CT molecular complexity index is 476. The van der Waals surface area contributed by atoms with Crippen molar-refractivity contribution in [1.82, 2.24) is 0 Å². The van der Waals surface area contributed by atoms with E-state index in [1.807, 2.05) is 31.2 Å². The first kappa shape index (κ1) is 15.3. The molecule has 1 saturated carbocycles. The monoisotopic (exact) mass is 341 g/mol. The van der Waals surface area contributed by atoms with Crippen LogP contribution in [-0.4, -0.2) is 31.8 Å². The SMILES string of the molecule is CCOC(=O)C(COC)(Nc1cccc(Br)c1)C1CC1. The summed E-state index contributed by atoms with van der Waals surface area (Å²) >= 11 is 3.44. The van der Waals surface area contributed by atoms with Crippen LogP contribution < -0.4 is 5.32 Å². The predicted molar refractivity (Wildman–Crippen MR) is 81.7 cm³/mol. The zero-order chi connectivity index (χ0) is 14.6. The number of ether oxygens (including phenoxy) is 2. The molecule has 0 aromatic heterocycles. The van der Waals surface area contributed by atoms with Gasteiger partial charge < -0.3 is 14.8 Å². The van der Waals surface area contributed by atoms with Crippen LogP contribution in [0.15, 0.2) is 28.7 Å². The second-order valence-electron chi connectivity index (χ2n) is 5.03. The van der Waals surface area contributed by atoms with Crippen molar-refractivity contribution in [2.24, 2.45) is 5.92 Å². The van der Waals surface area contributed by atoms with E-state index in [1.54, 1.807) is 7.11 Å². The van der Waals surface area contributed by atoms with Crippen molar-refractivity contribution in [3.05, 3.63) is 28.7 Å². The van der Waals surface area contributed by atoms with Crippen LogP contribution in [0.3, 0.4) is 0 Å². The third-order valence-electron chi connectivity index (χ3n) is 3.48. The molecule has 1 aliphatic rings. The fraction of sp³-hybridized carbons (Fsp3) is 0.533. The van der Waals surface area contributed by atoms with Crippen molar-refractivity contribution >= 4 is 27.6 Å². The van der Waals surface area contributed by atoms with Gasteiger partial charge in [-0.15, -0.1) is 0 Å². The van der Waals surface area contributed by atoms with E-state index in [1.165, 1.54) is 0 Å². The molecule has 0 heterocycles. The van der Waals surface area contributed by atoms with Gasteiger partial charge in [0, 0.05) is 17.3 Å². The molecule has 1 unspecified atom stereocenters. The lowest BCUT2D eigenvalue weighted by Gasteiger charge is -2.33. The Kier molecular flexibility index (Phi) is 5.05. The Morgan fingerprint density at radius 2 is 2.25 bits per heavy atom. The number of anilines is 1. The van der Waals surface area contributed by atoms with Gasteiger partial charge in [0.1, 0.15) is 0 Å². The van der Waals surface area contributed by atoms with Crippen LogP contribution >= 0.6 is 15.9 Å². The first-order chi connectivity index (χ1) is 9.62. The Balaban J connectivity index is 2.27. The second kappa shape index (κ2) is 6.59. The maximum absolute atomic E-state index is 12.4. The number of hydrogen-bond acceptors (Lipinski definition) is 4. The van der Waals surface area contributed by atoms with Crippen LogP contribution in [0.1, 0.15) is 19.8 Å². The molecule has 110 valence electrons. The molecular weight excluding hydrogens is 322 g/mol. The number of carbonyl (C=O) groups excluding carboxylic acids is 1. The van der Waals surface area contributed by atoms with Gasteiger partial charge in [0.05, 0.1) is 13.2 Å². The average molecular weight is 342 g/mol. The summed E-state index contributed by atoms with van der Waals surface area (Å²) in [6.45, 7) is 2.50. The molecule has 2 rings (SSSR count). The normalized spacial score (nSPS) is 17.4. The maximum atomic E-state index is 12.4. The van der Waals surface area contributed by atoms with E-state index >= 15 is 0 Å². The minimum Gasteiger partial charge on any atom is -0.464 e. The topological polar surface area (TPSA) is 47.6 Å². The number of esters is 1. The molecule has 20 heavy (non-hydrogen) atoms. The van der Waals surface area contributed by atoms with Crippen molar-refractivity contribution < 1.29 is 14.3 Å². The summed E-state index contributed by atoms with van der Waals surface area (Å²) in [5, 5.41) is 3.35. The number of halogens is 1. The van der Waals surface area contributed by atoms with Crippen molar-refractivity contribution in [2.45, 2.75) is 25.3 Å². The molecule has 0 spiro atoms. The smallest absolute Gasteiger partial charge is 0.334 e. The highest BCUT2D eigenvalue weighted by molar-refractivity contribution is 9.10. The van der Waals surface area contributed by atoms with Crippen molar-refractivity contribution in [1.29, 1.82) is 0 Å². The average Bonchev–Trinajstić information content (AvgIpc) is 3.23.